The van der Waals surface area contributed by atoms with Crippen LogP contribution in [0, 0.1) is 24.0 Å². The Bertz CT molecular complexity index is 1300. The Morgan fingerprint density at radius 3 is 2.38 bits per heavy atom. The highest BCUT2D eigenvalue weighted by Gasteiger charge is 2.36. The van der Waals surface area contributed by atoms with Gasteiger partial charge in [0.1, 0.15) is 0 Å². The van der Waals surface area contributed by atoms with Crippen LogP contribution in [0.25, 0.3) is 6.08 Å². The van der Waals surface area contributed by atoms with E-state index in [1.807, 2.05) is 62.4 Å². The quantitative estimate of drug-likeness (QED) is 0.314. The lowest BCUT2D eigenvalue weighted by Gasteiger charge is -2.18. The second-order valence-corrected chi connectivity index (χ2v) is 8.20. The SMILES string of the molecule is Cc1ccccc1N=C1SC(=Cc2cccc([N+](=O)[O-])c2O)C(=O)N1c1ccccc1C. The molecule has 1 fully saturated rings. The van der Waals surface area contributed by atoms with Crippen molar-refractivity contribution in [3.8, 4) is 5.75 Å². The number of nitro groups is 1. The Balaban J connectivity index is 1.84. The monoisotopic (exact) mass is 445 g/mol. The number of rotatable bonds is 4. The predicted octanol–water partition coefficient (Wildman–Crippen LogP) is 5.73. The minimum atomic E-state index is -0.661. The third kappa shape index (κ3) is 4.00. The van der Waals surface area contributed by atoms with Crippen LogP contribution in [0.4, 0.5) is 17.1 Å². The summed E-state index contributed by atoms with van der Waals surface area (Å²) in [4.78, 5) is 30.5. The Hall–Kier alpha value is -3.91. The van der Waals surface area contributed by atoms with Gasteiger partial charge in [-0.1, -0.05) is 48.5 Å². The number of nitrogens with zero attached hydrogens (tertiary/aromatic N) is 3. The van der Waals surface area contributed by atoms with Gasteiger partial charge in [-0.3, -0.25) is 19.8 Å². The van der Waals surface area contributed by atoms with E-state index >= 15 is 0 Å². The number of carbonyl (C=O) groups excluding carboxylic acids is 1. The molecule has 0 unspecified atom stereocenters. The first-order chi connectivity index (χ1) is 15.4. The first-order valence-corrected chi connectivity index (χ1v) is 10.6. The molecular weight excluding hydrogens is 426 g/mol. The molecule has 1 amide bonds. The number of para-hydroxylation sites is 3. The Labute approximate surface area is 188 Å². The van der Waals surface area contributed by atoms with Crippen molar-refractivity contribution in [1.82, 2.24) is 0 Å². The van der Waals surface area contributed by atoms with Gasteiger partial charge < -0.3 is 5.11 Å². The van der Waals surface area contributed by atoms with Crippen LogP contribution in [-0.2, 0) is 4.79 Å². The van der Waals surface area contributed by atoms with E-state index < -0.39 is 16.4 Å². The second-order valence-electron chi connectivity index (χ2n) is 7.19. The van der Waals surface area contributed by atoms with Crippen LogP contribution in [0.3, 0.4) is 0 Å². The fourth-order valence-corrected chi connectivity index (χ4v) is 4.30. The molecule has 0 spiro atoms. The number of phenolic OH excluding ortho intramolecular Hbond substituents is 1. The summed E-state index contributed by atoms with van der Waals surface area (Å²) in [6, 6.07) is 19.3. The molecule has 3 aromatic carbocycles. The number of aliphatic imine (C=N–C) groups is 1. The van der Waals surface area contributed by atoms with Crippen molar-refractivity contribution in [2.24, 2.45) is 4.99 Å². The molecule has 1 heterocycles. The van der Waals surface area contributed by atoms with Crippen molar-refractivity contribution in [3.05, 3.63) is 98.4 Å². The largest absolute Gasteiger partial charge is 0.502 e. The molecule has 0 saturated carbocycles. The number of hydrogen-bond acceptors (Lipinski definition) is 6. The van der Waals surface area contributed by atoms with E-state index in [2.05, 4.69) is 0 Å². The van der Waals surface area contributed by atoms with Crippen LogP contribution in [-0.4, -0.2) is 21.1 Å². The van der Waals surface area contributed by atoms with E-state index in [9.17, 15) is 20.0 Å². The number of amides is 1. The Kier molecular flexibility index (Phi) is 5.79. The van der Waals surface area contributed by atoms with Gasteiger partial charge >= 0.3 is 5.69 Å². The van der Waals surface area contributed by atoms with E-state index in [-0.39, 0.29) is 11.5 Å². The minimum Gasteiger partial charge on any atom is -0.502 e. The van der Waals surface area contributed by atoms with Gasteiger partial charge in [-0.15, -0.1) is 0 Å². The molecule has 8 heteroatoms. The van der Waals surface area contributed by atoms with E-state index in [0.29, 0.717) is 15.8 Å². The molecule has 1 N–H and O–H groups in total. The van der Waals surface area contributed by atoms with Crippen molar-refractivity contribution in [2.75, 3.05) is 4.90 Å². The van der Waals surface area contributed by atoms with Gasteiger partial charge in [-0.2, -0.15) is 0 Å². The minimum absolute atomic E-state index is 0.192. The molecule has 7 nitrogen and oxygen atoms in total. The van der Waals surface area contributed by atoms with Gasteiger partial charge in [-0.05, 0) is 54.9 Å². The lowest BCUT2D eigenvalue weighted by atomic mass is 10.1. The summed E-state index contributed by atoms with van der Waals surface area (Å²) in [5.41, 5.74) is 3.08. The number of aromatic hydroxyl groups is 1. The molecule has 1 aliphatic heterocycles. The van der Waals surface area contributed by atoms with Gasteiger partial charge in [0.15, 0.2) is 5.17 Å². The standard InChI is InChI=1S/C24H19N3O4S/c1-15-8-3-5-11-18(15)25-24-26(19-12-6-4-9-16(19)2)23(29)21(32-24)14-17-10-7-13-20(22(17)28)27(30)31/h3-14,28H,1-2H3. The summed E-state index contributed by atoms with van der Waals surface area (Å²) in [7, 11) is 0. The lowest BCUT2D eigenvalue weighted by molar-refractivity contribution is -0.385. The molecule has 0 aliphatic carbocycles. The predicted molar refractivity (Wildman–Crippen MR) is 127 cm³/mol. The van der Waals surface area contributed by atoms with Crippen molar-refractivity contribution < 1.29 is 14.8 Å². The van der Waals surface area contributed by atoms with Gasteiger partial charge in [-0.25, -0.2) is 4.99 Å². The van der Waals surface area contributed by atoms with E-state index in [4.69, 9.17) is 4.99 Å². The van der Waals surface area contributed by atoms with Gasteiger partial charge in [0.05, 0.1) is 21.2 Å². The molecule has 3 aromatic rings. The maximum absolute atomic E-state index is 13.4. The number of nitro benzene ring substituents is 1. The van der Waals surface area contributed by atoms with Crippen LogP contribution in [0.1, 0.15) is 16.7 Å². The van der Waals surface area contributed by atoms with E-state index in [1.165, 1.54) is 29.2 Å². The summed E-state index contributed by atoms with van der Waals surface area (Å²) in [6.45, 7) is 3.85. The molecule has 1 aliphatic rings. The maximum atomic E-state index is 13.4. The Morgan fingerprint density at radius 2 is 1.69 bits per heavy atom. The highest BCUT2D eigenvalue weighted by Crippen LogP contribution is 2.40. The summed E-state index contributed by atoms with van der Waals surface area (Å²) >= 11 is 1.16. The maximum Gasteiger partial charge on any atom is 0.311 e. The molecule has 0 atom stereocenters. The number of carbonyl (C=O) groups is 1. The van der Waals surface area contributed by atoms with E-state index in [1.54, 1.807) is 0 Å². The van der Waals surface area contributed by atoms with Gasteiger partial charge in [0.25, 0.3) is 5.91 Å². The van der Waals surface area contributed by atoms with Crippen LogP contribution in [0.15, 0.2) is 76.6 Å². The lowest BCUT2D eigenvalue weighted by Crippen LogP contribution is -2.29. The summed E-state index contributed by atoms with van der Waals surface area (Å²) in [5, 5.41) is 21.9. The van der Waals surface area contributed by atoms with Crippen LogP contribution in [0.5, 0.6) is 5.75 Å². The third-order valence-corrected chi connectivity index (χ3v) is 5.99. The van der Waals surface area contributed by atoms with Gasteiger partial charge in [0.2, 0.25) is 5.75 Å². The zero-order chi connectivity index (χ0) is 22.8. The van der Waals surface area contributed by atoms with Crippen LogP contribution in [0.2, 0.25) is 0 Å². The smallest absolute Gasteiger partial charge is 0.311 e. The highest BCUT2D eigenvalue weighted by atomic mass is 32.2. The molecule has 4 rings (SSSR count). The molecule has 32 heavy (non-hydrogen) atoms. The van der Waals surface area contributed by atoms with Crippen molar-refractivity contribution >= 4 is 46.0 Å². The second kappa shape index (κ2) is 8.68. The van der Waals surface area contributed by atoms with Gasteiger partial charge in [0, 0.05) is 11.6 Å². The summed E-state index contributed by atoms with van der Waals surface area (Å²) in [5.74, 6) is -0.798. The fraction of sp³-hybridized carbons (Fsp3) is 0.0833. The number of anilines is 1. The number of benzene rings is 3. The average molecular weight is 446 g/mol. The molecule has 0 aromatic heterocycles. The van der Waals surface area contributed by atoms with Crippen LogP contribution >= 0.6 is 11.8 Å². The molecule has 0 bridgehead atoms. The number of hydrogen-bond donors (Lipinski definition) is 1. The third-order valence-electron chi connectivity index (χ3n) is 5.02. The van der Waals surface area contributed by atoms with E-state index in [0.717, 1.165) is 28.6 Å². The molecule has 0 radical (unpaired) electrons. The summed E-state index contributed by atoms with van der Waals surface area (Å²) in [6.07, 6.45) is 1.46. The highest BCUT2D eigenvalue weighted by molar-refractivity contribution is 8.19. The average Bonchev–Trinajstić information content (AvgIpc) is 3.06. The fourth-order valence-electron chi connectivity index (χ4n) is 3.32. The number of amidine groups is 1. The number of thioether (sulfide) groups is 1. The first kappa shape index (κ1) is 21.3. The Morgan fingerprint density at radius 1 is 1.00 bits per heavy atom. The number of phenols is 1. The van der Waals surface area contributed by atoms with Crippen molar-refractivity contribution in [1.29, 1.82) is 0 Å². The molecular formula is C24H19N3O4S. The topological polar surface area (TPSA) is 96.0 Å². The molecule has 1 saturated heterocycles. The zero-order valence-corrected chi connectivity index (χ0v) is 18.2. The van der Waals surface area contributed by atoms with Crippen molar-refractivity contribution in [3.63, 3.8) is 0 Å². The summed E-state index contributed by atoms with van der Waals surface area (Å²) < 4.78 is 0. The first-order valence-electron chi connectivity index (χ1n) is 9.77. The zero-order valence-electron chi connectivity index (χ0n) is 17.4. The van der Waals surface area contributed by atoms with Crippen molar-refractivity contribution in [2.45, 2.75) is 13.8 Å². The number of aryl methyl sites for hydroxylation is 2. The molecule has 160 valence electrons. The normalized spacial score (nSPS) is 16.2. The van der Waals surface area contributed by atoms with Crippen LogP contribution < -0.4 is 4.90 Å².